The molecule has 1 aromatic rings. The van der Waals surface area contributed by atoms with Gasteiger partial charge in [0.2, 0.25) is 0 Å². The Bertz CT molecular complexity index is 412. The van der Waals surface area contributed by atoms with E-state index in [-0.39, 0.29) is 0 Å². The molecule has 0 amide bonds. The number of nitrogen functional groups attached to an aromatic ring is 1. The molecule has 0 radical (unpaired) electrons. The Kier molecular flexibility index (Phi) is 5.27. The third kappa shape index (κ3) is 3.30. The van der Waals surface area contributed by atoms with Gasteiger partial charge in [0.25, 0.3) is 0 Å². The highest BCUT2D eigenvalue weighted by Gasteiger charge is 2.28. The van der Waals surface area contributed by atoms with E-state index in [1.807, 2.05) is 11.8 Å². The average Bonchev–Trinajstić information content (AvgIpc) is 2.86. The maximum Gasteiger partial charge on any atom is 0.148 e. The third-order valence-electron chi connectivity index (χ3n) is 3.59. The van der Waals surface area contributed by atoms with Crippen molar-refractivity contribution in [2.45, 2.75) is 50.8 Å². The highest BCUT2D eigenvalue weighted by Crippen LogP contribution is 2.33. The Morgan fingerprint density at radius 1 is 1.32 bits per heavy atom. The second-order valence-electron chi connectivity index (χ2n) is 4.72. The number of anilines is 2. The fraction of sp³-hybridized carbons (Fsp3) is 0.692. The molecule has 1 fully saturated rings. The van der Waals surface area contributed by atoms with E-state index in [1.54, 1.807) is 6.33 Å². The van der Waals surface area contributed by atoms with E-state index in [9.17, 15) is 0 Å². The summed E-state index contributed by atoms with van der Waals surface area (Å²) < 4.78 is 0. The van der Waals surface area contributed by atoms with Crippen molar-refractivity contribution in [1.82, 2.24) is 9.97 Å². The highest BCUT2D eigenvalue weighted by molar-refractivity contribution is 7.99. The molecular formula is C13H23N5S. The smallest absolute Gasteiger partial charge is 0.148 e. The fourth-order valence-electron chi connectivity index (χ4n) is 2.68. The SMILES string of the molecule is CCSC1CCCC1Nc1ncnc(NN)c1CC. The van der Waals surface area contributed by atoms with Gasteiger partial charge in [-0.05, 0) is 25.0 Å². The van der Waals surface area contributed by atoms with Crippen molar-refractivity contribution in [3.05, 3.63) is 11.9 Å². The lowest BCUT2D eigenvalue weighted by atomic mass is 10.2. The van der Waals surface area contributed by atoms with Crippen LogP contribution in [0.2, 0.25) is 0 Å². The minimum absolute atomic E-state index is 0.510. The van der Waals surface area contributed by atoms with E-state index in [0.717, 1.165) is 23.6 Å². The van der Waals surface area contributed by atoms with Gasteiger partial charge in [-0.25, -0.2) is 15.8 Å². The zero-order valence-electron chi connectivity index (χ0n) is 11.6. The Morgan fingerprint density at radius 3 is 2.79 bits per heavy atom. The molecule has 0 bridgehead atoms. The minimum Gasteiger partial charge on any atom is -0.366 e. The summed E-state index contributed by atoms with van der Waals surface area (Å²) in [7, 11) is 0. The van der Waals surface area contributed by atoms with Gasteiger partial charge < -0.3 is 10.7 Å². The number of rotatable bonds is 6. The standard InChI is InChI=1S/C13H23N5S/c1-3-9-12(15-8-16-13(9)18-14)17-10-6-5-7-11(10)19-4-2/h8,10-11H,3-7,14H2,1-2H3,(H2,15,16,17,18). The van der Waals surface area contributed by atoms with Gasteiger partial charge in [0, 0.05) is 16.9 Å². The first-order valence-electron chi connectivity index (χ1n) is 6.98. The highest BCUT2D eigenvalue weighted by atomic mass is 32.2. The summed E-state index contributed by atoms with van der Waals surface area (Å²) in [4.78, 5) is 8.56. The molecule has 1 aliphatic carbocycles. The molecule has 4 N–H and O–H groups in total. The quantitative estimate of drug-likeness (QED) is 0.549. The summed E-state index contributed by atoms with van der Waals surface area (Å²) in [6.07, 6.45) is 6.24. The monoisotopic (exact) mass is 281 g/mol. The van der Waals surface area contributed by atoms with Crippen LogP contribution < -0.4 is 16.6 Å². The number of aromatic nitrogens is 2. The molecular weight excluding hydrogens is 258 g/mol. The van der Waals surface area contributed by atoms with E-state index in [1.165, 1.54) is 25.0 Å². The van der Waals surface area contributed by atoms with Crippen molar-refractivity contribution in [3.63, 3.8) is 0 Å². The van der Waals surface area contributed by atoms with Gasteiger partial charge in [-0.2, -0.15) is 11.8 Å². The van der Waals surface area contributed by atoms with Crippen LogP contribution in [0, 0.1) is 0 Å². The van der Waals surface area contributed by atoms with Crippen molar-refractivity contribution < 1.29 is 0 Å². The Labute approximate surface area is 119 Å². The van der Waals surface area contributed by atoms with E-state index in [4.69, 9.17) is 5.84 Å². The van der Waals surface area contributed by atoms with Gasteiger partial charge in [-0.3, -0.25) is 0 Å². The topological polar surface area (TPSA) is 75.9 Å². The predicted octanol–water partition coefficient (Wildman–Crippen LogP) is 2.41. The third-order valence-corrected chi connectivity index (χ3v) is 4.92. The first-order valence-corrected chi connectivity index (χ1v) is 8.03. The molecule has 0 aliphatic heterocycles. The molecule has 2 rings (SSSR count). The second-order valence-corrected chi connectivity index (χ2v) is 6.24. The van der Waals surface area contributed by atoms with Crippen molar-refractivity contribution in [3.8, 4) is 0 Å². The molecule has 106 valence electrons. The van der Waals surface area contributed by atoms with Crippen LogP contribution in [0.4, 0.5) is 11.6 Å². The second kappa shape index (κ2) is 6.96. The van der Waals surface area contributed by atoms with Crippen LogP contribution in [0.5, 0.6) is 0 Å². The van der Waals surface area contributed by atoms with Crippen molar-refractivity contribution >= 4 is 23.4 Å². The number of hydrazine groups is 1. The zero-order valence-corrected chi connectivity index (χ0v) is 12.5. The van der Waals surface area contributed by atoms with Gasteiger partial charge in [0.05, 0.1) is 0 Å². The van der Waals surface area contributed by atoms with E-state index in [2.05, 4.69) is 34.6 Å². The molecule has 6 heteroatoms. The van der Waals surface area contributed by atoms with E-state index < -0.39 is 0 Å². The van der Waals surface area contributed by atoms with Crippen LogP contribution in [0.15, 0.2) is 6.33 Å². The molecule has 0 spiro atoms. The summed E-state index contributed by atoms with van der Waals surface area (Å²) in [5.41, 5.74) is 3.72. The number of hydrogen-bond donors (Lipinski definition) is 3. The van der Waals surface area contributed by atoms with Crippen LogP contribution in [0.1, 0.15) is 38.7 Å². The number of nitrogens with two attached hydrogens (primary N) is 1. The fourth-order valence-corrected chi connectivity index (χ4v) is 3.87. The van der Waals surface area contributed by atoms with Crippen LogP contribution in [-0.2, 0) is 6.42 Å². The largest absolute Gasteiger partial charge is 0.366 e. The summed E-state index contributed by atoms with van der Waals surface area (Å²) >= 11 is 2.04. The normalized spacial score (nSPS) is 22.5. The first-order chi connectivity index (χ1) is 9.30. The van der Waals surface area contributed by atoms with Crippen LogP contribution >= 0.6 is 11.8 Å². The summed E-state index contributed by atoms with van der Waals surface area (Å²) in [6.45, 7) is 4.32. The molecule has 1 aliphatic rings. The molecule has 0 saturated heterocycles. The molecule has 5 nitrogen and oxygen atoms in total. The minimum atomic E-state index is 0.510. The van der Waals surface area contributed by atoms with Crippen LogP contribution in [-0.4, -0.2) is 27.0 Å². The molecule has 1 heterocycles. The van der Waals surface area contributed by atoms with Gasteiger partial charge in [0.1, 0.15) is 18.0 Å². The van der Waals surface area contributed by atoms with Crippen molar-refractivity contribution in [2.24, 2.45) is 5.84 Å². The number of nitrogens with zero attached hydrogens (tertiary/aromatic N) is 2. The maximum absolute atomic E-state index is 5.51. The molecule has 0 aromatic carbocycles. The van der Waals surface area contributed by atoms with Crippen LogP contribution in [0.3, 0.4) is 0 Å². The van der Waals surface area contributed by atoms with E-state index >= 15 is 0 Å². The first kappa shape index (κ1) is 14.4. The van der Waals surface area contributed by atoms with Gasteiger partial charge in [-0.1, -0.05) is 20.3 Å². The van der Waals surface area contributed by atoms with Crippen molar-refractivity contribution in [2.75, 3.05) is 16.5 Å². The molecule has 2 atom stereocenters. The zero-order chi connectivity index (χ0) is 13.7. The van der Waals surface area contributed by atoms with Gasteiger partial charge in [0.15, 0.2) is 0 Å². The lowest BCUT2D eigenvalue weighted by Gasteiger charge is -2.22. The Hall–Kier alpha value is -1.01. The Morgan fingerprint density at radius 2 is 2.11 bits per heavy atom. The average molecular weight is 281 g/mol. The van der Waals surface area contributed by atoms with Crippen molar-refractivity contribution in [1.29, 1.82) is 0 Å². The molecule has 19 heavy (non-hydrogen) atoms. The number of thioether (sulfide) groups is 1. The van der Waals surface area contributed by atoms with E-state index in [0.29, 0.717) is 11.3 Å². The maximum atomic E-state index is 5.51. The molecule has 1 saturated carbocycles. The van der Waals surface area contributed by atoms with Crippen LogP contribution in [0.25, 0.3) is 0 Å². The lowest BCUT2D eigenvalue weighted by molar-refractivity contribution is 0.758. The Balaban J connectivity index is 2.14. The summed E-state index contributed by atoms with van der Waals surface area (Å²) in [5, 5.41) is 4.30. The molecule has 2 unspecified atom stereocenters. The summed E-state index contributed by atoms with van der Waals surface area (Å²) in [6, 6.07) is 0.510. The molecule has 1 aromatic heterocycles. The number of hydrogen-bond acceptors (Lipinski definition) is 6. The summed E-state index contributed by atoms with van der Waals surface area (Å²) in [5.74, 6) is 8.33. The van der Waals surface area contributed by atoms with Gasteiger partial charge >= 0.3 is 0 Å². The number of nitrogens with one attached hydrogen (secondary N) is 2. The predicted molar refractivity (Wildman–Crippen MR) is 82.4 cm³/mol. The van der Waals surface area contributed by atoms with Gasteiger partial charge in [-0.15, -0.1) is 0 Å². The lowest BCUT2D eigenvalue weighted by Crippen LogP contribution is -2.27.